The van der Waals surface area contributed by atoms with Crippen molar-refractivity contribution in [1.29, 1.82) is 0 Å². The Morgan fingerprint density at radius 3 is 2.52 bits per heavy atom. The smallest absolute Gasteiger partial charge is 0.293 e. The highest BCUT2D eigenvalue weighted by molar-refractivity contribution is 6.33. The lowest BCUT2D eigenvalue weighted by Gasteiger charge is -2.37. The zero-order valence-corrected chi connectivity index (χ0v) is 33.3. The molecule has 1 atom stereocenters. The van der Waals surface area contributed by atoms with Crippen LogP contribution in [0.2, 0.25) is 5.02 Å². The van der Waals surface area contributed by atoms with Gasteiger partial charge in [0.05, 0.1) is 24.4 Å². The number of benzene rings is 2. The summed E-state index contributed by atoms with van der Waals surface area (Å²) < 4.78 is 13.3. The Bertz CT molecular complexity index is 2320. The number of piperidine rings is 2. The van der Waals surface area contributed by atoms with Crippen molar-refractivity contribution in [3.8, 4) is 5.75 Å². The number of anilines is 4. The van der Waals surface area contributed by atoms with E-state index in [2.05, 4.69) is 36.4 Å². The number of Topliss-reactive ketones (excluding diaryl/α,β-unsaturated/α-hetero) is 1. The molecule has 2 N–H and O–H groups in total. The Morgan fingerprint density at radius 1 is 0.966 bits per heavy atom. The Morgan fingerprint density at radius 2 is 1.76 bits per heavy atom. The van der Waals surface area contributed by atoms with Crippen molar-refractivity contribution in [1.82, 2.24) is 29.7 Å². The number of rotatable bonds is 12. The van der Waals surface area contributed by atoms with Crippen LogP contribution in [0.4, 0.5) is 23.1 Å². The fourth-order valence-corrected chi connectivity index (χ4v) is 8.24. The molecule has 16 nitrogen and oxygen atoms in total. The van der Waals surface area contributed by atoms with Crippen molar-refractivity contribution in [3.05, 3.63) is 75.2 Å². The summed E-state index contributed by atoms with van der Waals surface area (Å²) in [6, 6.07) is 12.5. The molecule has 0 radical (unpaired) electrons. The molecule has 0 aliphatic carbocycles. The van der Waals surface area contributed by atoms with Crippen molar-refractivity contribution in [2.75, 3.05) is 74.1 Å². The molecule has 0 saturated carbocycles. The van der Waals surface area contributed by atoms with Crippen LogP contribution in [0, 0.1) is 0 Å². The number of carbonyl (C=O) groups is 4. The third-order valence-electron chi connectivity index (χ3n) is 11.3. The van der Waals surface area contributed by atoms with Crippen LogP contribution in [0.25, 0.3) is 10.9 Å². The zero-order valence-electron chi connectivity index (χ0n) is 32.5. The van der Waals surface area contributed by atoms with Gasteiger partial charge in [-0.15, -0.1) is 0 Å². The number of amides is 3. The highest BCUT2D eigenvalue weighted by Gasteiger charge is 2.39. The first kappa shape index (κ1) is 39.3. The second-order valence-corrected chi connectivity index (χ2v) is 15.7. The van der Waals surface area contributed by atoms with Gasteiger partial charge in [-0.25, -0.2) is 4.98 Å². The second kappa shape index (κ2) is 16.7. The van der Waals surface area contributed by atoms with E-state index in [1.807, 2.05) is 30.3 Å². The minimum atomic E-state index is -0.615. The summed E-state index contributed by atoms with van der Waals surface area (Å²) in [5, 5.41) is 6.78. The number of aryl methyl sites for hydroxylation is 1. The topological polar surface area (TPSA) is 172 Å². The normalized spacial score (nSPS) is 19.1. The zero-order chi connectivity index (χ0) is 40.5. The molecule has 304 valence electrons. The van der Waals surface area contributed by atoms with Gasteiger partial charge in [0.2, 0.25) is 17.8 Å². The summed E-state index contributed by atoms with van der Waals surface area (Å²) in [6.45, 7) is 8.12. The third-order valence-corrected chi connectivity index (χ3v) is 11.6. The van der Waals surface area contributed by atoms with Crippen LogP contribution in [0.1, 0.15) is 48.5 Å². The predicted molar refractivity (Wildman–Crippen MR) is 218 cm³/mol. The Labute approximate surface area is 340 Å². The lowest BCUT2D eigenvalue weighted by molar-refractivity contribution is -0.137. The molecule has 8 rings (SSSR count). The number of nitrogens with one attached hydrogen (secondary N) is 2. The molecular weight excluding hydrogens is 766 g/mol. The molecule has 6 heterocycles. The van der Waals surface area contributed by atoms with Crippen LogP contribution in [0.3, 0.4) is 0 Å². The van der Waals surface area contributed by atoms with Gasteiger partial charge >= 0.3 is 0 Å². The van der Waals surface area contributed by atoms with E-state index in [9.17, 15) is 24.0 Å². The number of pyridine rings is 1. The number of ether oxygens (including phenoxy) is 2. The molecule has 3 fully saturated rings. The van der Waals surface area contributed by atoms with Crippen LogP contribution in [0.5, 0.6) is 5.75 Å². The molecule has 2 aromatic heterocycles. The van der Waals surface area contributed by atoms with Crippen LogP contribution < -0.4 is 30.7 Å². The molecule has 1 unspecified atom stereocenters. The van der Waals surface area contributed by atoms with Crippen molar-refractivity contribution < 1.29 is 28.7 Å². The van der Waals surface area contributed by atoms with Gasteiger partial charge in [-0.3, -0.25) is 34.2 Å². The van der Waals surface area contributed by atoms with Gasteiger partial charge in [0, 0.05) is 88.2 Å². The Hall–Kier alpha value is -5.58. The molecule has 3 amide bonds. The number of hydrogen-bond donors (Lipinski definition) is 2. The lowest BCUT2D eigenvalue weighted by Crippen LogP contribution is -2.52. The van der Waals surface area contributed by atoms with Crippen LogP contribution in [-0.4, -0.2) is 119 Å². The van der Waals surface area contributed by atoms with E-state index >= 15 is 0 Å². The predicted octanol–water partition coefficient (Wildman–Crippen LogP) is 3.26. The number of hydrogen-bond acceptors (Lipinski definition) is 13. The number of nitrogens with zero attached hydrogens (tertiary/aromatic N) is 7. The molecule has 4 aliphatic heterocycles. The monoisotopic (exact) mass is 811 g/mol. The number of piperazine rings is 1. The van der Waals surface area contributed by atoms with E-state index in [-0.39, 0.29) is 48.0 Å². The molecule has 0 bridgehead atoms. The average molecular weight is 812 g/mol. The summed E-state index contributed by atoms with van der Waals surface area (Å²) in [4.78, 5) is 79.0. The van der Waals surface area contributed by atoms with Gasteiger partial charge in [0.1, 0.15) is 17.7 Å². The highest BCUT2D eigenvalue weighted by atomic mass is 35.5. The number of aromatic nitrogens is 3. The van der Waals surface area contributed by atoms with Crippen molar-refractivity contribution in [2.24, 2.45) is 7.05 Å². The average Bonchev–Trinajstić information content (AvgIpc) is 3.54. The molecule has 3 saturated heterocycles. The minimum Gasteiger partial charge on any atom is -0.480 e. The van der Waals surface area contributed by atoms with E-state index in [0.29, 0.717) is 53.1 Å². The fraction of sp³-hybridized carbons (Fsp3) is 0.439. The second-order valence-electron chi connectivity index (χ2n) is 15.3. The molecule has 58 heavy (non-hydrogen) atoms. The number of fused-ring (bicyclic) bond motifs is 2. The first-order valence-electron chi connectivity index (χ1n) is 19.7. The SMILES string of the molecule is CC(=O)COc1cc2cc(Nc3nc(N4CCC(OCCN5CCN(c6ccc7c(c6)CN(C6CCC(=O)NC6=O)C7=O)CC5)CC4)ncc3Cl)ccc2n(C)c1=O. The molecule has 17 heteroatoms. The van der Waals surface area contributed by atoms with Gasteiger partial charge in [-0.1, -0.05) is 11.6 Å². The maximum Gasteiger partial charge on any atom is 0.293 e. The summed E-state index contributed by atoms with van der Waals surface area (Å²) in [6.07, 6.45) is 4.03. The number of imide groups is 1. The lowest BCUT2D eigenvalue weighted by atomic mass is 10.0. The maximum absolute atomic E-state index is 13.1. The van der Waals surface area contributed by atoms with Gasteiger partial charge < -0.3 is 34.1 Å². The summed E-state index contributed by atoms with van der Waals surface area (Å²) >= 11 is 6.53. The van der Waals surface area contributed by atoms with Crippen LogP contribution in [-0.2, 0) is 32.7 Å². The van der Waals surface area contributed by atoms with Gasteiger partial charge in [-0.05, 0) is 74.2 Å². The number of carbonyl (C=O) groups excluding carboxylic acids is 4. The summed E-state index contributed by atoms with van der Waals surface area (Å²) in [5.41, 5.74) is 3.72. The molecule has 0 spiro atoms. The standard InChI is InChI=1S/C41H46ClN9O7/c1-25(52)24-58-35-21-26-19-28(3-6-33(26)47(2)40(35)56)44-37-32(42)22-43-41(46-37)50-11-9-30(10-12-50)57-18-17-48-13-15-49(16-14-48)29-4-5-31-27(20-29)23-51(39(31)55)34-7-8-36(53)45-38(34)54/h3-6,19-22,30,34H,7-18,23-24H2,1-2H3,(H,43,44,46)(H,45,53,54). The number of ketones is 1. The van der Waals surface area contributed by atoms with Crippen molar-refractivity contribution >= 4 is 69.1 Å². The quantitative estimate of drug-likeness (QED) is 0.200. The highest BCUT2D eigenvalue weighted by Crippen LogP contribution is 2.32. The maximum atomic E-state index is 13.1. The van der Waals surface area contributed by atoms with Crippen LogP contribution >= 0.6 is 11.6 Å². The van der Waals surface area contributed by atoms with E-state index < -0.39 is 11.9 Å². The first-order chi connectivity index (χ1) is 28.0. The minimum absolute atomic E-state index is 0.104. The largest absolute Gasteiger partial charge is 0.480 e. The molecule has 4 aliphatic rings. The van der Waals surface area contributed by atoms with Crippen LogP contribution in [0.15, 0.2) is 53.5 Å². The third kappa shape index (κ3) is 8.35. The van der Waals surface area contributed by atoms with Gasteiger partial charge in [0.15, 0.2) is 17.4 Å². The van der Waals surface area contributed by atoms with Crippen molar-refractivity contribution in [2.45, 2.75) is 51.3 Å². The Kier molecular flexibility index (Phi) is 11.3. The summed E-state index contributed by atoms with van der Waals surface area (Å²) in [7, 11) is 1.66. The molecule has 4 aromatic rings. The van der Waals surface area contributed by atoms with Gasteiger partial charge in [0.25, 0.3) is 11.5 Å². The fourth-order valence-electron chi connectivity index (χ4n) is 8.11. The first-order valence-corrected chi connectivity index (χ1v) is 20.1. The molecule has 2 aromatic carbocycles. The van der Waals surface area contributed by atoms with E-state index in [1.165, 1.54) is 11.5 Å². The summed E-state index contributed by atoms with van der Waals surface area (Å²) in [5.74, 6) is 0.125. The van der Waals surface area contributed by atoms with Crippen molar-refractivity contribution in [3.63, 3.8) is 0 Å². The van der Waals surface area contributed by atoms with E-state index in [4.69, 9.17) is 26.1 Å². The van der Waals surface area contributed by atoms with E-state index in [1.54, 1.807) is 24.2 Å². The van der Waals surface area contributed by atoms with E-state index in [0.717, 1.165) is 75.3 Å². The van der Waals surface area contributed by atoms with Gasteiger partial charge in [-0.2, -0.15) is 4.98 Å². The molecular formula is C41H46ClN9O7. The Balaban J connectivity index is 0.788. The number of halogens is 1.